The number of hydrogen-bond acceptors (Lipinski definition) is 0. The van der Waals surface area contributed by atoms with Gasteiger partial charge in [0.15, 0.2) is 0 Å². The van der Waals surface area contributed by atoms with Gasteiger partial charge < -0.3 is 0 Å². The summed E-state index contributed by atoms with van der Waals surface area (Å²) in [7, 11) is 0. The van der Waals surface area contributed by atoms with Crippen LogP contribution in [0.5, 0.6) is 0 Å². The summed E-state index contributed by atoms with van der Waals surface area (Å²) >= 11 is 0. The molecule has 26 heavy (non-hydrogen) atoms. The highest BCUT2D eigenvalue weighted by Crippen LogP contribution is 2.45. The number of hydrogen-bond donors (Lipinski definition) is 0. The molecule has 0 aromatic heterocycles. The average molecular weight is 359 g/mol. The monoisotopic (exact) mass is 358 g/mol. The Hall–Kier alpha value is 0. The van der Waals surface area contributed by atoms with Crippen LogP contribution >= 0.6 is 0 Å². The predicted molar refractivity (Wildman–Crippen MR) is 113 cm³/mol. The molecule has 0 heterocycles. The molecular formula is C26H46. The van der Waals surface area contributed by atoms with Crippen LogP contribution in [0.3, 0.4) is 0 Å². The second-order valence-corrected chi connectivity index (χ2v) is 10.9. The summed E-state index contributed by atoms with van der Waals surface area (Å²) in [6.07, 6.45) is 31.3. The molecule has 0 bridgehead atoms. The van der Waals surface area contributed by atoms with E-state index >= 15 is 0 Å². The van der Waals surface area contributed by atoms with Crippen molar-refractivity contribution in [3.05, 3.63) is 0 Å². The van der Waals surface area contributed by atoms with Gasteiger partial charge in [0.2, 0.25) is 0 Å². The maximum Gasteiger partial charge on any atom is -0.0386 e. The zero-order valence-corrected chi connectivity index (χ0v) is 17.6. The molecule has 0 amide bonds. The Kier molecular flexibility index (Phi) is 7.41. The Morgan fingerprint density at radius 3 is 0.615 bits per heavy atom. The van der Waals surface area contributed by atoms with Crippen LogP contribution in [0.1, 0.15) is 128 Å². The molecule has 4 rings (SSSR count). The summed E-state index contributed by atoms with van der Waals surface area (Å²) in [6, 6.07) is 0. The van der Waals surface area contributed by atoms with E-state index in [-0.39, 0.29) is 0 Å². The van der Waals surface area contributed by atoms with Gasteiger partial charge in [-0.1, -0.05) is 89.9 Å². The first-order valence-electron chi connectivity index (χ1n) is 12.9. The van der Waals surface area contributed by atoms with Crippen molar-refractivity contribution in [2.45, 2.75) is 128 Å². The van der Waals surface area contributed by atoms with Crippen LogP contribution in [0.4, 0.5) is 0 Å². The first-order chi connectivity index (χ1) is 12.9. The number of fused-ring (bicyclic) bond motifs is 3. The number of rotatable bonds is 0. The normalized spacial score (nSPS) is 43.4. The molecule has 0 radical (unpaired) electrons. The quantitative estimate of drug-likeness (QED) is 0.407. The fraction of sp³-hybridized carbons (Fsp3) is 1.00. The molecule has 0 aromatic carbocycles. The lowest BCUT2D eigenvalue weighted by molar-refractivity contribution is 0.123. The van der Waals surface area contributed by atoms with Gasteiger partial charge in [0, 0.05) is 0 Å². The third-order valence-corrected chi connectivity index (χ3v) is 9.42. The van der Waals surface area contributed by atoms with E-state index in [4.69, 9.17) is 0 Å². The van der Waals surface area contributed by atoms with E-state index in [2.05, 4.69) is 0 Å². The Morgan fingerprint density at radius 1 is 0.192 bits per heavy atom. The summed E-state index contributed by atoms with van der Waals surface area (Å²) in [5, 5.41) is 0. The molecule has 0 N–H and O–H groups in total. The predicted octanol–water partition coefficient (Wildman–Crippen LogP) is 8.54. The molecular weight excluding hydrogens is 312 g/mol. The van der Waals surface area contributed by atoms with Crippen LogP contribution in [0.15, 0.2) is 0 Å². The molecule has 0 spiro atoms. The van der Waals surface area contributed by atoms with Gasteiger partial charge in [-0.15, -0.1) is 0 Å². The molecule has 0 nitrogen and oxygen atoms in total. The highest BCUT2D eigenvalue weighted by molar-refractivity contribution is 4.84. The summed E-state index contributed by atoms with van der Waals surface area (Å²) in [5.41, 5.74) is 0. The third kappa shape index (κ3) is 5.08. The topological polar surface area (TPSA) is 0 Å². The van der Waals surface area contributed by atoms with Crippen LogP contribution in [0.2, 0.25) is 0 Å². The minimum absolute atomic E-state index is 1.09. The van der Waals surface area contributed by atoms with Crippen LogP contribution in [0.25, 0.3) is 0 Å². The minimum atomic E-state index is 1.09. The lowest BCUT2D eigenvalue weighted by atomic mass is 9.66. The molecule has 4 aliphatic rings. The van der Waals surface area contributed by atoms with E-state index in [1.165, 1.54) is 12.8 Å². The van der Waals surface area contributed by atoms with Crippen molar-refractivity contribution in [2.24, 2.45) is 35.5 Å². The lowest BCUT2D eigenvalue weighted by Gasteiger charge is -2.39. The van der Waals surface area contributed by atoms with Crippen molar-refractivity contribution in [1.82, 2.24) is 0 Å². The van der Waals surface area contributed by atoms with Gasteiger partial charge in [0.1, 0.15) is 0 Å². The summed E-state index contributed by atoms with van der Waals surface area (Å²) in [5.74, 6) is 6.70. The summed E-state index contributed by atoms with van der Waals surface area (Å²) < 4.78 is 0. The van der Waals surface area contributed by atoms with Crippen molar-refractivity contribution < 1.29 is 0 Å². The van der Waals surface area contributed by atoms with Crippen molar-refractivity contribution in [2.75, 3.05) is 0 Å². The van der Waals surface area contributed by atoms with Crippen molar-refractivity contribution >= 4 is 0 Å². The maximum atomic E-state index is 1.59. The van der Waals surface area contributed by atoms with Crippen molar-refractivity contribution in [3.8, 4) is 0 Å². The van der Waals surface area contributed by atoms with E-state index in [0.717, 1.165) is 35.5 Å². The van der Waals surface area contributed by atoms with Crippen molar-refractivity contribution in [1.29, 1.82) is 0 Å². The van der Waals surface area contributed by atoms with E-state index < -0.39 is 0 Å². The fourth-order valence-corrected chi connectivity index (χ4v) is 7.51. The van der Waals surface area contributed by atoms with Gasteiger partial charge in [-0.3, -0.25) is 0 Å². The van der Waals surface area contributed by atoms with Gasteiger partial charge >= 0.3 is 0 Å². The summed E-state index contributed by atoms with van der Waals surface area (Å²) in [6.45, 7) is 0. The molecule has 0 aromatic rings. The fourth-order valence-electron chi connectivity index (χ4n) is 7.51. The van der Waals surface area contributed by atoms with Gasteiger partial charge in [-0.25, -0.2) is 0 Å². The van der Waals surface area contributed by atoms with Gasteiger partial charge in [0.05, 0.1) is 0 Å². The molecule has 4 saturated carbocycles. The van der Waals surface area contributed by atoms with E-state index in [1.54, 1.807) is 116 Å². The standard InChI is InChI=1S/C26H46/c1-3-9-21-15-16-22(21)10-4-2-6-12-24-18-20-26-14-8-7-13-25(26)19-17-23(24)11-5-1/h21-26H,1-20H2. The zero-order chi connectivity index (χ0) is 17.6. The lowest BCUT2D eigenvalue weighted by Crippen LogP contribution is -2.27. The van der Waals surface area contributed by atoms with Crippen LogP contribution < -0.4 is 0 Å². The SMILES string of the molecule is C1CCC2CCC2CCCCCC2CCC3CCCCC3CCC2CC1. The van der Waals surface area contributed by atoms with Crippen LogP contribution in [-0.2, 0) is 0 Å². The van der Waals surface area contributed by atoms with Gasteiger partial charge in [0.25, 0.3) is 0 Å². The Labute approximate surface area is 164 Å². The molecule has 150 valence electrons. The first-order valence-corrected chi connectivity index (χ1v) is 12.9. The van der Waals surface area contributed by atoms with E-state index in [0.29, 0.717) is 0 Å². The van der Waals surface area contributed by atoms with Crippen LogP contribution in [-0.4, -0.2) is 0 Å². The molecule has 4 fully saturated rings. The molecule has 6 atom stereocenters. The first kappa shape index (κ1) is 19.3. The Bertz CT molecular complexity index is 361. The largest absolute Gasteiger partial charge is 0.0533 e. The highest BCUT2D eigenvalue weighted by atomic mass is 14.4. The summed E-state index contributed by atoms with van der Waals surface area (Å²) in [4.78, 5) is 0. The van der Waals surface area contributed by atoms with Gasteiger partial charge in [-0.05, 0) is 74.0 Å². The Balaban J connectivity index is 1.32. The van der Waals surface area contributed by atoms with Crippen molar-refractivity contribution in [3.63, 3.8) is 0 Å². The third-order valence-electron chi connectivity index (χ3n) is 9.42. The molecule has 6 unspecified atom stereocenters. The Morgan fingerprint density at radius 2 is 0.385 bits per heavy atom. The molecule has 0 heteroatoms. The van der Waals surface area contributed by atoms with E-state index in [1.807, 2.05) is 0 Å². The zero-order valence-electron chi connectivity index (χ0n) is 17.6. The van der Waals surface area contributed by atoms with Crippen LogP contribution in [0, 0.1) is 35.5 Å². The molecule has 0 saturated heterocycles. The van der Waals surface area contributed by atoms with E-state index in [9.17, 15) is 0 Å². The minimum Gasteiger partial charge on any atom is -0.0533 e. The smallest absolute Gasteiger partial charge is 0.0386 e. The van der Waals surface area contributed by atoms with Gasteiger partial charge in [-0.2, -0.15) is 0 Å². The molecule has 4 aliphatic carbocycles. The second kappa shape index (κ2) is 9.97. The molecule has 0 aliphatic heterocycles. The average Bonchev–Trinajstić information content (AvgIpc) is 2.63. The highest BCUT2D eigenvalue weighted by Gasteiger charge is 2.32. The maximum absolute atomic E-state index is 1.59. The second-order valence-electron chi connectivity index (χ2n) is 10.9.